The Bertz CT molecular complexity index is 896. The maximum absolute atomic E-state index is 11.9. The number of hydrogen-bond donors (Lipinski definition) is 1. The molecule has 0 saturated heterocycles. The molecule has 1 N–H and O–H groups in total. The number of benzene rings is 1. The van der Waals surface area contributed by atoms with Gasteiger partial charge in [0.15, 0.2) is 0 Å². The average Bonchev–Trinajstić information content (AvgIpc) is 3.17. The number of halogens is 1. The first-order valence-corrected chi connectivity index (χ1v) is 8.03. The fraction of sp³-hybridized carbons (Fsp3) is 0.176. The molecular formula is C17H17ClN6O. The third-order valence-electron chi connectivity index (χ3n) is 3.62. The molecule has 0 bridgehead atoms. The molecule has 8 heteroatoms. The Balaban J connectivity index is 1.73. The summed E-state index contributed by atoms with van der Waals surface area (Å²) in [6.07, 6.45) is 5.83. The standard InChI is InChI=1S/C17H17ClN6O/c1-12-3-5-14(6-4-12)9-24-17(18)15(13(2)21-24)7-8-16(25)22-23-10-19-20-11-23/h3-8,10-11H,9H2,1-2H3,(H,22,25)/b8-7+. The zero-order valence-electron chi connectivity index (χ0n) is 13.8. The van der Waals surface area contributed by atoms with Gasteiger partial charge in [0.05, 0.1) is 12.2 Å². The van der Waals surface area contributed by atoms with E-state index in [0.717, 1.165) is 11.3 Å². The first kappa shape index (κ1) is 16.9. The summed E-state index contributed by atoms with van der Waals surface area (Å²) in [7, 11) is 0. The van der Waals surface area contributed by atoms with E-state index in [0.29, 0.717) is 17.3 Å². The summed E-state index contributed by atoms with van der Waals surface area (Å²) < 4.78 is 3.08. The number of rotatable bonds is 5. The summed E-state index contributed by atoms with van der Waals surface area (Å²) in [5, 5.41) is 12.2. The van der Waals surface area contributed by atoms with Gasteiger partial charge in [-0.25, -0.2) is 9.36 Å². The molecule has 0 aliphatic rings. The van der Waals surface area contributed by atoms with E-state index >= 15 is 0 Å². The van der Waals surface area contributed by atoms with Gasteiger partial charge in [0.1, 0.15) is 17.8 Å². The van der Waals surface area contributed by atoms with Crippen LogP contribution in [0.4, 0.5) is 0 Å². The van der Waals surface area contributed by atoms with Crippen molar-refractivity contribution in [2.75, 3.05) is 5.43 Å². The Kier molecular flexibility index (Phi) is 4.95. The molecule has 2 heterocycles. The number of aromatic nitrogens is 5. The topological polar surface area (TPSA) is 77.6 Å². The van der Waals surface area contributed by atoms with Gasteiger partial charge in [0, 0.05) is 11.6 Å². The van der Waals surface area contributed by atoms with Crippen LogP contribution in [-0.2, 0) is 11.3 Å². The number of nitrogens with zero attached hydrogens (tertiary/aromatic N) is 5. The van der Waals surface area contributed by atoms with Crippen LogP contribution < -0.4 is 5.43 Å². The first-order chi connectivity index (χ1) is 12.0. The van der Waals surface area contributed by atoms with Crippen molar-refractivity contribution in [3.63, 3.8) is 0 Å². The number of hydrogen-bond acceptors (Lipinski definition) is 4. The Labute approximate surface area is 149 Å². The number of amides is 1. The minimum absolute atomic E-state index is 0.318. The quantitative estimate of drug-likeness (QED) is 0.713. The SMILES string of the molecule is Cc1ccc(Cn2nc(C)c(/C=C/C(=O)Nn3cnnc3)c2Cl)cc1. The second-order valence-electron chi connectivity index (χ2n) is 5.61. The molecule has 3 aromatic rings. The van der Waals surface area contributed by atoms with Gasteiger partial charge in [-0.3, -0.25) is 10.2 Å². The van der Waals surface area contributed by atoms with Crippen molar-refractivity contribution in [2.45, 2.75) is 20.4 Å². The summed E-state index contributed by atoms with van der Waals surface area (Å²) in [6.45, 7) is 4.47. The van der Waals surface area contributed by atoms with Gasteiger partial charge in [0.2, 0.25) is 0 Å². The Morgan fingerprint density at radius 1 is 1.20 bits per heavy atom. The molecule has 3 rings (SSSR count). The zero-order valence-corrected chi connectivity index (χ0v) is 14.6. The smallest absolute Gasteiger partial charge is 0.262 e. The molecule has 7 nitrogen and oxygen atoms in total. The van der Waals surface area contributed by atoms with Crippen molar-refractivity contribution < 1.29 is 4.79 Å². The van der Waals surface area contributed by atoms with Gasteiger partial charge in [-0.1, -0.05) is 41.4 Å². The molecule has 128 valence electrons. The van der Waals surface area contributed by atoms with Crippen LogP contribution in [-0.4, -0.2) is 30.6 Å². The molecule has 0 atom stereocenters. The van der Waals surface area contributed by atoms with Crippen LogP contribution in [0.15, 0.2) is 43.0 Å². The molecule has 2 aromatic heterocycles. The van der Waals surface area contributed by atoms with Crippen LogP contribution in [0.1, 0.15) is 22.4 Å². The van der Waals surface area contributed by atoms with E-state index < -0.39 is 0 Å². The molecular weight excluding hydrogens is 340 g/mol. The van der Waals surface area contributed by atoms with Gasteiger partial charge in [-0.15, -0.1) is 10.2 Å². The van der Waals surface area contributed by atoms with Crippen molar-refractivity contribution in [1.82, 2.24) is 24.7 Å². The highest BCUT2D eigenvalue weighted by Crippen LogP contribution is 2.22. The van der Waals surface area contributed by atoms with E-state index in [2.05, 4.69) is 32.9 Å². The number of carbonyl (C=O) groups excluding carboxylic acids is 1. The lowest BCUT2D eigenvalue weighted by Gasteiger charge is -2.04. The number of carbonyl (C=O) groups is 1. The predicted molar refractivity (Wildman–Crippen MR) is 95.7 cm³/mol. The second-order valence-corrected chi connectivity index (χ2v) is 5.97. The lowest BCUT2D eigenvalue weighted by molar-refractivity contribution is -0.112. The summed E-state index contributed by atoms with van der Waals surface area (Å²) in [5.41, 5.74) is 6.36. The predicted octanol–water partition coefficient (Wildman–Crippen LogP) is 2.58. The van der Waals surface area contributed by atoms with Crippen LogP contribution in [0.2, 0.25) is 5.15 Å². The van der Waals surface area contributed by atoms with E-state index in [1.165, 1.54) is 29.0 Å². The highest BCUT2D eigenvalue weighted by molar-refractivity contribution is 6.31. The molecule has 0 radical (unpaired) electrons. The Morgan fingerprint density at radius 3 is 2.56 bits per heavy atom. The minimum atomic E-state index is -0.318. The fourth-order valence-corrected chi connectivity index (χ4v) is 2.61. The van der Waals surface area contributed by atoms with Crippen molar-refractivity contribution >= 4 is 23.6 Å². The van der Waals surface area contributed by atoms with E-state index in [-0.39, 0.29) is 5.91 Å². The molecule has 0 spiro atoms. The summed E-state index contributed by atoms with van der Waals surface area (Å²) in [4.78, 5) is 11.9. The van der Waals surface area contributed by atoms with E-state index in [9.17, 15) is 4.79 Å². The molecule has 25 heavy (non-hydrogen) atoms. The molecule has 1 amide bonds. The molecule has 1 aromatic carbocycles. The van der Waals surface area contributed by atoms with Crippen LogP contribution in [0.5, 0.6) is 0 Å². The third-order valence-corrected chi connectivity index (χ3v) is 4.02. The third kappa shape index (κ3) is 4.13. The van der Waals surface area contributed by atoms with Gasteiger partial charge in [-0.05, 0) is 25.5 Å². The molecule has 0 saturated carbocycles. The lowest BCUT2D eigenvalue weighted by atomic mass is 10.1. The van der Waals surface area contributed by atoms with Crippen LogP contribution in [0, 0.1) is 13.8 Å². The number of nitrogens with one attached hydrogen (secondary N) is 1. The Hall–Kier alpha value is -2.93. The van der Waals surface area contributed by atoms with Crippen LogP contribution in [0.25, 0.3) is 6.08 Å². The second kappa shape index (κ2) is 7.31. The summed E-state index contributed by atoms with van der Waals surface area (Å²) in [6, 6.07) is 8.20. The van der Waals surface area contributed by atoms with Crippen LogP contribution in [0.3, 0.4) is 0 Å². The van der Waals surface area contributed by atoms with E-state index in [4.69, 9.17) is 11.6 Å². The molecule has 0 unspecified atom stereocenters. The Morgan fingerprint density at radius 2 is 1.88 bits per heavy atom. The van der Waals surface area contributed by atoms with Crippen LogP contribution >= 0.6 is 11.6 Å². The molecule has 0 aliphatic carbocycles. The summed E-state index contributed by atoms with van der Waals surface area (Å²) >= 11 is 6.43. The van der Waals surface area contributed by atoms with Crippen molar-refractivity contribution in [2.24, 2.45) is 0 Å². The van der Waals surface area contributed by atoms with Gasteiger partial charge >= 0.3 is 0 Å². The minimum Gasteiger partial charge on any atom is -0.268 e. The maximum Gasteiger partial charge on any atom is 0.262 e. The first-order valence-electron chi connectivity index (χ1n) is 7.65. The highest BCUT2D eigenvalue weighted by atomic mass is 35.5. The van der Waals surface area contributed by atoms with Gasteiger partial charge < -0.3 is 0 Å². The molecule has 0 fully saturated rings. The fourth-order valence-electron chi connectivity index (χ4n) is 2.31. The monoisotopic (exact) mass is 356 g/mol. The number of aryl methyl sites for hydroxylation is 2. The zero-order chi connectivity index (χ0) is 17.8. The van der Waals surface area contributed by atoms with Crippen molar-refractivity contribution in [3.05, 3.63) is 70.5 Å². The largest absolute Gasteiger partial charge is 0.268 e. The van der Waals surface area contributed by atoms with E-state index in [1.807, 2.05) is 26.0 Å². The lowest BCUT2D eigenvalue weighted by Crippen LogP contribution is -2.18. The van der Waals surface area contributed by atoms with Crippen molar-refractivity contribution in [1.29, 1.82) is 0 Å². The van der Waals surface area contributed by atoms with Gasteiger partial charge in [-0.2, -0.15) is 5.10 Å². The van der Waals surface area contributed by atoms with Crippen molar-refractivity contribution in [3.8, 4) is 0 Å². The maximum atomic E-state index is 11.9. The average molecular weight is 357 g/mol. The van der Waals surface area contributed by atoms with Gasteiger partial charge in [0.25, 0.3) is 5.91 Å². The highest BCUT2D eigenvalue weighted by Gasteiger charge is 2.12. The van der Waals surface area contributed by atoms with E-state index in [1.54, 1.807) is 10.8 Å². The normalized spacial score (nSPS) is 11.2. The summed E-state index contributed by atoms with van der Waals surface area (Å²) in [5.74, 6) is -0.318. The molecule has 0 aliphatic heterocycles.